The molecule has 1 aliphatic heterocycles. The molecule has 1 aromatic carbocycles. The van der Waals surface area contributed by atoms with E-state index in [2.05, 4.69) is 55.3 Å². The number of hydrogen-bond donors (Lipinski definition) is 1. The van der Waals surface area contributed by atoms with E-state index in [1.54, 1.807) is 0 Å². The minimum absolute atomic E-state index is 0.147. The molecule has 3 heteroatoms. The maximum atomic E-state index is 5.50. The van der Waals surface area contributed by atoms with Gasteiger partial charge in [0.1, 0.15) is 5.75 Å². The summed E-state index contributed by atoms with van der Waals surface area (Å²) in [6.07, 6.45) is 1.18. The van der Waals surface area contributed by atoms with Crippen molar-refractivity contribution >= 4 is 5.69 Å². The van der Waals surface area contributed by atoms with Gasteiger partial charge in [0.05, 0.1) is 6.61 Å². The van der Waals surface area contributed by atoms with Crippen molar-refractivity contribution in [3.8, 4) is 5.75 Å². The number of benzene rings is 1. The van der Waals surface area contributed by atoms with E-state index in [1.807, 2.05) is 6.92 Å². The van der Waals surface area contributed by atoms with Gasteiger partial charge >= 0.3 is 0 Å². The Morgan fingerprint density at radius 1 is 1.32 bits per heavy atom. The predicted octanol–water partition coefficient (Wildman–Crippen LogP) is 3.05. The lowest BCUT2D eigenvalue weighted by molar-refractivity contribution is 0.340. The van der Waals surface area contributed by atoms with E-state index in [4.69, 9.17) is 4.74 Å². The highest BCUT2D eigenvalue weighted by molar-refractivity contribution is 5.49. The first-order valence-corrected chi connectivity index (χ1v) is 7.26. The first kappa shape index (κ1) is 14.2. The molecule has 1 aliphatic rings. The van der Waals surface area contributed by atoms with Gasteiger partial charge in [0.15, 0.2) is 0 Å². The third kappa shape index (κ3) is 3.87. The molecular formula is C16H26N2O. The highest BCUT2D eigenvalue weighted by atomic mass is 16.5. The maximum absolute atomic E-state index is 5.50. The Kier molecular flexibility index (Phi) is 4.35. The summed E-state index contributed by atoms with van der Waals surface area (Å²) in [7, 11) is 0. The van der Waals surface area contributed by atoms with E-state index in [0.717, 1.165) is 25.4 Å². The number of nitrogens with one attached hydrogen (secondary N) is 1. The Hall–Kier alpha value is -1.22. The lowest BCUT2D eigenvalue weighted by atomic mass is 10.0. The Morgan fingerprint density at radius 3 is 2.63 bits per heavy atom. The molecule has 19 heavy (non-hydrogen) atoms. The molecule has 1 N–H and O–H groups in total. The van der Waals surface area contributed by atoms with E-state index in [1.165, 1.54) is 12.1 Å². The zero-order chi connectivity index (χ0) is 13.9. The van der Waals surface area contributed by atoms with Crippen molar-refractivity contribution in [3.63, 3.8) is 0 Å². The maximum Gasteiger partial charge on any atom is 0.119 e. The zero-order valence-corrected chi connectivity index (χ0v) is 12.6. The Bertz CT molecular complexity index is 400. The van der Waals surface area contributed by atoms with Crippen LogP contribution in [-0.4, -0.2) is 31.3 Å². The van der Waals surface area contributed by atoms with Crippen molar-refractivity contribution in [2.24, 2.45) is 0 Å². The second-order valence-electron chi connectivity index (χ2n) is 6.07. The molecule has 1 saturated heterocycles. The SMILES string of the molecule is CCOc1ccc(N2CCC(C)NC(C)(C)C2)cc1. The van der Waals surface area contributed by atoms with Crippen LogP contribution in [0.1, 0.15) is 34.1 Å². The van der Waals surface area contributed by atoms with Crippen LogP contribution in [0.4, 0.5) is 5.69 Å². The number of anilines is 1. The van der Waals surface area contributed by atoms with Crippen molar-refractivity contribution in [3.05, 3.63) is 24.3 Å². The average molecular weight is 262 g/mol. The molecule has 106 valence electrons. The third-order valence-corrected chi connectivity index (χ3v) is 3.57. The van der Waals surface area contributed by atoms with E-state index in [9.17, 15) is 0 Å². The van der Waals surface area contributed by atoms with Crippen LogP contribution in [0.5, 0.6) is 5.75 Å². The monoisotopic (exact) mass is 262 g/mol. The second-order valence-corrected chi connectivity index (χ2v) is 6.07. The van der Waals surface area contributed by atoms with Crippen LogP contribution in [-0.2, 0) is 0 Å². The van der Waals surface area contributed by atoms with Crippen molar-refractivity contribution in [1.82, 2.24) is 5.32 Å². The van der Waals surface area contributed by atoms with Gasteiger partial charge in [0, 0.05) is 30.4 Å². The highest BCUT2D eigenvalue weighted by Gasteiger charge is 2.27. The van der Waals surface area contributed by atoms with Gasteiger partial charge in [-0.1, -0.05) is 0 Å². The van der Waals surface area contributed by atoms with E-state index < -0.39 is 0 Å². The fourth-order valence-corrected chi connectivity index (χ4v) is 2.83. The zero-order valence-electron chi connectivity index (χ0n) is 12.6. The highest BCUT2D eigenvalue weighted by Crippen LogP contribution is 2.23. The first-order chi connectivity index (χ1) is 9.00. The molecule has 0 bridgehead atoms. The molecule has 1 unspecified atom stereocenters. The topological polar surface area (TPSA) is 24.5 Å². The van der Waals surface area contributed by atoms with Crippen LogP contribution in [0.25, 0.3) is 0 Å². The molecule has 0 aliphatic carbocycles. The fraction of sp³-hybridized carbons (Fsp3) is 0.625. The van der Waals surface area contributed by atoms with Gasteiger partial charge < -0.3 is 15.0 Å². The van der Waals surface area contributed by atoms with Gasteiger partial charge in [0.2, 0.25) is 0 Å². The second kappa shape index (κ2) is 5.83. The Morgan fingerprint density at radius 2 is 2.00 bits per heavy atom. The minimum atomic E-state index is 0.147. The molecule has 3 nitrogen and oxygen atoms in total. The molecule has 1 aromatic rings. The van der Waals surface area contributed by atoms with Gasteiger partial charge in [0.25, 0.3) is 0 Å². The number of nitrogens with zero attached hydrogens (tertiary/aromatic N) is 1. The normalized spacial score (nSPS) is 22.9. The van der Waals surface area contributed by atoms with Crippen molar-refractivity contribution < 1.29 is 4.74 Å². The molecule has 1 atom stereocenters. The fourth-order valence-electron chi connectivity index (χ4n) is 2.83. The lowest BCUT2D eigenvalue weighted by Crippen LogP contribution is -2.48. The van der Waals surface area contributed by atoms with Crippen LogP contribution in [0, 0.1) is 0 Å². The van der Waals surface area contributed by atoms with Gasteiger partial charge in [-0.05, 0) is 58.4 Å². The summed E-state index contributed by atoms with van der Waals surface area (Å²) in [6.45, 7) is 11.7. The molecule has 0 radical (unpaired) electrons. The predicted molar refractivity (Wildman–Crippen MR) is 81.1 cm³/mol. The molecule has 0 amide bonds. The van der Waals surface area contributed by atoms with Crippen molar-refractivity contribution in [2.45, 2.75) is 45.7 Å². The lowest BCUT2D eigenvalue weighted by Gasteiger charge is -2.32. The Labute approximate surface area is 116 Å². The molecule has 2 rings (SSSR count). The van der Waals surface area contributed by atoms with Gasteiger partial charge in [-0.3, -0.25) is 0 Å². The van der Waals surface area contributed by atoms with Gasteiger partial charge in [-0.2, -0.15) is 0 Å². The molecule has 1 fully saturated rings. The van der Waals surface area contributed by atoms with E-state index in [0.29, 0.717) is 6.04 Å². The van der Waals surface area contributed by atoms with Crippen molar-refractivity contribution in [2.75, 3.05) is 24.6 Å². The van der Waals surface area contributed by atoms with Crippen LogP contribution in [0.2, 0.25) is 0 Å². The standard InChI is InChI=1S/C16H26N2O/c1-5-19-15-8-6-14(7-9-15)18-11-10-13(2)17-16(3,4)12-18/h6-9,13,17H,5,10-12H2,1-4H3. The third-order valence-electron chi connectivity index (χ3n) is 3.57. The van der Waals surface area contributed by atoms with E-state index in [-0.39, 0.29) is 5.54 Å². The molecule has 0 saturated carbocycles. The number of hydrogen-bond acceptors (Lipinski definition) is 3. The Balaban J connectivity index is 2.11. The summed E-state index contributed by atoms with van der Waals surface area (Å²) < 4.78 is 5.50. The summed E-state index contributed by atoms with van der Waals surface area (Å²) in [4.78, 5) is 2.46. The van der Waals surface area contributed by atoms with Gasteiger partial charge in [-0.15, -0.1) is 0 Å². The minimum Gasteiger partial charge on any atom is -0.494 e. The average Bonchev–Trinajstić information content (AvgIpc) is 2.48. The summed E-state index contributed by atoms with van der Waals surface area (Å²) in [5.41, 5.74) is 1.43. The molecular weight excluding hydrogens is 236 g/mol. The molecule has 0 spiro atoms. The summed E-state index contributed by atoms with van der Waals surface area (Å²) in [5, 5.41) is 3.68. The van der Waals surface area contributed by atoms with Crippen LogP contribution < -0.4 is 15.0 Å². The quantitative estimate of drug-likeness (QED) is 0.906. The number of ether oxygens (including phenoxy) is 1. The first-order valence-electron chi connectivity index (χ1n) is 7.26. The van der Waals surface area contributed by atoms with Crippen LogP contribution >= 0.6 is 0 Å². The van der Waals surface area contributed by atoms with Crippen LogP contribution in [0.15, 0.2) is 24.3 Å². The van der Waals surface area contributed by atoms with Crippen molar-refractivity contribution in [1.29, 1.82) is 0 Å². The number of rotatable bonds is 3. The van der Waals surface area contributed by atoms with Gasteiger partial charge in [-0.25, -0.2) is 0 Å². The largest absolute Gasteiger partial charge is 0.494 e. The molecule has 1 heterocycles. The van der Waals surface area contributed by atoms with Crippen LogP contribution in [0.3, 0.4) is 0 Å². The summed E-state index contributed by atoms with van der Waals surface area (Å²) >= 11 is 0. The summed E-state index contributed by atoms with van der Waals surface area (Å²) in [6, 6.07) is 9.03. The van der Waals surface area contributed by atoms with E-state index >= 15 is 0 Å². The smallest absolute Gasteiger partial charge is 0.119 e. The molecule has 0 aromatic heterocycles. The summed E-state index contributed by atoms with van der Waals surface area (Å²) in [5.74, 6) is 0.951.